The average molecular weight is 260 g/mol. The largest absolute Gasteiger partial charge is 0.353 e. The van der Waals surface area contributed by atoms with Gasteiger partial charge in [0.25, 0.3) is 5.89 Å². The number of anilines is 1. The van der Waals surface area contributed by atoms with Gasteiger partial charge in [-0.05, 0) is 12.1 Å². The summed E-state index contributed by atoms with van der Waals surface area (Å²) >= 11 is 0. The molecule has 1 saturated heterocycles. The SMILES string of the molecule is CCc1noc(-c2ccc(N3CCNCC3)nn2)n1. The first kappa shape index (κ1) is 12.0. The van der Waals surface area contributed by atoms with Crippen LogP contribution in [0.5, 0.6) is 0 Å². The Bertz CT molecular complexity index is 531. The maximum Gasteiger partial charge on any atom is 0.278 e. The number of aryl methyl sites for hydroxylation is 1. The summed E-state index contributed by atoms with van der Waals surface area (Å²) in [7, 11) is 0. The van der Waals surface area contributed by atoms with Crippen molar-refractivity contribution in [2.75, 3.05) is 31.1 Å². The van der Waals surface area contributed by atoms with Crippen LogP contribution in [0.3, 0.4) is 0 Å². The van der Waals surface area contributed by atoms with Crippen molar-refractivity contribution in [1.29, 1.82) is 0 Å². The van der Waals surface area contributed by atoms with Gasteiger partial charge < -0.3 is 14.7 Å². The van der Waals surface area contributed by atoms with Crippen LogP contribution in [0.2, 0.25) is 0 Å². The smallest absolute Gasteiger partial charge is 0.278 e. The van der Waals surface area contributed by atoms with Crippen LogP contribution in [0.1, 0.15) is 12.7 Å². The van der Waals surface area contributed by atoms with Gasteiger partial charge in [-0.1, -0.05) is 12.1 Å². The Labute approximate surface area is 111 Å². The Morgan fingerprint density at radius 1 is 1.26 bits per heavy atom. The molecule has 0 saturated carbocycles. The molecule has 0 amide bonds. The Hall–Kier alpha value is -2.02. The van der Waals surface area contributed by atoms with Gasteiger partial charge in [0.1, 0.15) is 0 Å². The number of piperazine rings is 1. The second kappa shape index (κ2) is 5.31. The molecule has 2 aromatic rings. The lowest BCUT2D eigenvalue weighted by Gasteiger charge is -2.27. The third-order valence-corrected chi connectivity index (χ3v) is 3.09. The van der Waals surface area contributed by atoms with Gasteiger partial charge in [0.05, 0.1) is 0 Å². The molecule has 2 aromatic heterocycles. The minimum absolute atomic E-state index is 0.427. The van der Waals surface area contributed by atoms with Crippen molar-refractivity contribution < 1.29 is 4.52 Å². The molecule has 0 aliphatic carbocycles. The van der Waals surface area contributed by atoms with Gasteiger partial charge in [-0.25, -0.2) is 0 Å². The zero-order valence-corrected chi connectivity index (χ0v) is 10.8. The molecule has 1 aliphatic rings. The Morgan fingerprint density at radius 3 is 2.74 bits per heavy atom. The number of nitrogens with one attached hydrogen (secondary N) is 1. The van der Waals surface area contributed by atoms with Gasteiger partial charge in [0.15, 0.2) is 17.3 Å². The number of hydrogen-bond donors (Lipinski definition) is 1. The molecule has 0 spiro atoms. The summed E-state index contributed by atoms with van der Waals surface area (Å²) in [4.78, 5) is 6.44. The molecule has 19 heavy (non-hydrogen) atoms. The third-order valence-electron chi connectivity index (χ3n) is 3.09. The van der Waals surface area contributed by atoms with Gasteiger partial charge in [0, 0.05) is 32.6 Å². The predicted octanol–water partition coefficient (Wildman–Crippen LogP) is 0.499. The van der Waals surface area contributed by atoms with Gasteiger partial charge >= 0.3 is 0 Å². The van der Waals surface area contributed by atoms with Crippen molar-refractivity contribution in [2.24, 2.45) is 0 Å². The quantitative estimate of drug-likeness (QED) is 0.860. The highest BCUT2D eigenvalue weighted by atomic mass is 16.5. The molecular formula is C12H16N6O. The summed E-state index contributed by atoms with van der Waals surface area (Å²) in [5.41, 5.74) is 0.617. The number of nitrogens with zero attached hydrogens (tertiary/aromatic N) is 5. The van der Waals surface area contributed by atoms with E-state index in [9.17, 15) is 0 Å². The molecule has 1 aliphatic heterocycles. The van der Waals surface area contributed by atoms with E-state index in [2.05, 4.69) is 30.6 Å². The van der Waals surface area contributed by atoms with Crippen molar-refractivity contribution in [3.8, 4) is 11.6 Å². The Balaban J connectivity index is 1.78. The van der Waals surface area contributed by atoms with Crippen molar-refractivity contribution in [3.63, 3.8) is 0 Å². The normalized spacial score (nSPS) is 15.7. The molecule has 0 unspecified atom stereocenters. The summed E-state index contributed by atoms with van der Waals surface area (Å²) in [6.45, 7) is 5.84. The van der Waals surface area contributed by atoms with Crippen LogP contribution in [-0.4, -0.2) is 46.5 Å². The summed E-state index contributed by atoms with van der Waals surface area (Å²) < 4.78 is 5.14. The first-order chi connectivity index (χ1) is 9.36. The maximum atomic E-state index is 5.14. The first-order valence-electron chi connectivity index (χ1n) is 6.49. The Morgan fingerprint density at radius 2 is 2.11 bits per heavy atom. The number of hydrogen-bond acceptors (Lipinski definition) is 7. The van der Waals surface area contributed by atoms with Gasteiger partial charge in [-0.15, -0.1) is 10.2 Å². The monoisotopic (exact) mass is 260 g/mol. The summed E-state index contributed by atoms with van der Waals surface area (Å²) in [5.74, 6) is 2.00. The number of rotatable bonds is 3. The second-order valence-electron chi connectivity index (χ2n) is 4.38. The lowest BCUT2D eigenvalue weighted by molar-refractivity contribution is 0.421. The highest BCUT2D eigenvalue weighted by Gasteiger charge is 2.14. The minimum atomic E-state index is 0.427. The molecule has 1 N–H and O–H groups in total. The van der Waals surface area contributed by atoms with Crippen molar-refractivity contribution in [3.05, 3.63) is 18.0 Å². The maximum absolute atomic E-state index is 5.14. The number of aromatic nitrogens is 4. The lowest BCUT2D eigenvalue weighted by Crippen LogP contribution is -2.43. The first-order valence-corrected chi connectivity index (χ1v) is 6.49. The summed E-state index contributed by atoms with van der Waals surface area (Å²) in [5, 5.41) is 15.6. The molecule has 7 nitrogen and oxygen atoms in total. The van der Waals surface area contributed by atoms with Gasteiger partial charge in [-0.3, -0.25) is 0 Å². The van der Waals surface area contributed by atoms with E-state index in [1.807, 2.05) is 19.1 Å². The molecule has 100 valence electrons. The zero-order valence-electron chi connectivity index (χ0n) is 10.8. The van der Waals surface area contributed by atoms with E-state index in [-0.39, 0.29) is 0 Å². The molecule has 0 bridgehead atoms. The van der Waals surface area contributed by atoms with Crippen LogP contribution in [0.15, 0.2) is 16.7 Å². The van der Waals surface area contributed by atoms with Crippen LogP contribution in [0.25, 0.3) is 11.6 Å². The third kappa shape index (κ3) is 2.55. The predicted molar refractivity (Wildman–Crippen MR) is 69.8 cm³/mol. The molecule has 0 aromatic carbocycles. The van der Waals surface area contributed by atoms with Crippen LogP contribution < -0.4 is 10.2 Å². The molecule has 1 fully saturated rings. The fourth-order valence-electron chi connectivity index (χ4n) is 2.00. The molecule has 7 heteroatoms. The Kier molecular flexibility index (Phi) is 3.37. The van der Waals surface area contributed by atoms with Crippen molar-refractivity contribution in [1.82, 2.24) is 25.7 Å². The topological polar surface area (TPSA) is 80.0 Å². The van der Waals surface area contributed by atoms with Crippen LogP contribution in [0.4, 0.5) is 5.82 Å². The zero-order chi connectivity index (χ0) is 13.1. The van der Waals surface area contributed by atoms with E-state index in [4.69, 9.17) is 4.52 Å². The molecule has 3 rings (SSSR count). The van der Waals surface area contributed by atoms with E-state index in [0.29, 0.717) is 17.4 Å². The second-order valence-corrected chi connectivity index (χ2v) is 4.38. The fraction of sp³-hybridized carbons (Fsp3) is 0.500. The molecule has 0 atom stereocenters. The summed E-state index contributed by atoms with van der Waals surface area (Å²) in [6.07, 6.45) is 0.746. The van der Waals surface area contributed by atoms with E-state index >= 15 is 0 Å². The lowest BCUT2D eigenvalue weighted by atomic mass is 10.3. The summed E-state index contributed by atoms with van der Waals surface area (Å²) in [6, 6.07) is 3.82. The average Bonchev–Trinajstić information content (AvgIpc) is 2.97. The van der Waals surface area contributed by atoms with Gasteiger partial charge in [-0.2, -0.15) is 4.98 Å². The van der Waals surface area contributed by atoms with E-state index in [0.717, 1.165) is 38.4 Å². The van der Waals surface area contributed by atoms with Crippen LogP contribution in [-0.2, 0) is 6.42 Å². The molecular weight excluding hydrogens is 244 g/mol. The highest BCUT2D eigenvalue weighted by molar-refractivity contribution is 5.49. The van der Waals surface area contributed by atoms with Crippen molar-refractivity contribution >= 4 is 5.82 Å². The van der Waals surface area contributed by atoms with Crippen molar-refractivity contribution in [2.45, 2.75) is 13.3 Å². The van der Waals surface area contributed by atoms with Crippen LogP contribution >= 0.6 is 0 Å². The molecule has 3 heterocycles. The van der Waals surface area contributed by atoms with E-state index in [1.165, 1.54) is 0 Å². The highest BCUT2D eigenvalue weighted by Crippen LogP contribution is 2.17. The van der Waals surface area contributed by atoms with E-state index in [1.54, 1.807) is 0 Å². The van der Waals surface area contributed by atoms with Gasteiger partial charge in [0.2, 0.25) is 0 Å². The standard InChI is InChI=1S/C12H16N6O/c1-2-10-14-12(19-17-10)9-3-4-11(16-15-9)18-7-5-13-6-8-18/h3-4,13H,2,5-8H2,1H3. The van der Waals surface area contributed by atoms with E-state index < -0.39 is 0 Å². The van der Waals surface area contributed by atoms with Crippen LogP contribution in [0, 0.1) is 0 Å². The minimum Gasteiger partial charge on any atom is -0.353 e. The fourth-order valence-corrected chi connectivity index (χ4v) is 2.00. The molecule has 0 radical (unpaired) electrons.